The van der Waals surface area contributed by atoms with E-state index in [2.05, 4.69) is 4.72 Å². The van der Waals surface area contributed by atoms with Gasteiger partial charge in [-0.3, -0.25) is 0 Å². The minimum Gasteiger partial charge on any atom is -0.392 e. The van der Waals surface area contributed by atoms with Crippen LogP contribution in [0.5, 0.6) is 0 Å². The molecule has 1 saturated heterocycles. The fourth-order valence-corrected chi connectivity index (χ4v) is 3.95. The van der Waals surface area contributed by atoms with Crippen molar-refractivity contribution >= 4 is 21.6 Å². The second kappa shape index (κ2) is 5.81. The summed E-state index contributed by atoms with van der Waals surface area (Å²) in [6, 6.07) is 2.01. The first-order valence-corrected chi connectivity index (χ1v) is 8.30. The van der Waals surface area contributed by atoms with E-state index in [1.807, 2.05) is 0 Å². The van der Waals surface area contributed by atoms with Crippen molar-refractivity contribution in [1.82, 2.24) is 4.72 Å². The van der Waals surface area contributed by atoms with Crippen molar-refractivity contribution in [3.8, 4) is 0 Å². The first kappa shape index (κ1) is 16.6. The number of benzene rings is 1. The van der Waals surface area contributed by atoms with Crippen molar-refractivity contribution in [2.24, 2.45) is 0 Å². The summed E-state index contributed by atoms with van der Waals surface area (Å²) in [4.78, 5) is -0.270. The minimum atomic E-state index is -3.95. The maximum absolute atomic E-state index is 13.7. The fourth-order valence-electron chi connectivity index (χ4n) is 2.22. The molecule has 1 fully saturated rings. The Morgan fingerprint density at radius 3 is 2.76 bits per heavy atom. The van der Waals surface area contributed by atoms with Gasteiger partial charge in [0.25, 0.3) is 0 Å². The van der Waals surface area contributed by atoms with Crippen molar-refractivity contribution in [1.29, 1.82) is 0 Å². The molecule has 2 atom stereocenters. The van der Waals surface area contributed by atoms with E-state index in [9.17, 15) is 12.8 Å². The Hall–Kier alpha value is -0.730. The van der Waals surface area contributed by atoms with Crippen molar-refractivity contribution in [2.45, 2.75) is 43.4 Å². The van der Waals surface area contributed by atoms with Gasteiger partial charge in [-0.2, -0.15) is 0 Å². The lowest BCUT2D eigenvalue weighted by Crippen LogP contribution is -2.50. The van der Waals surface area contributed by atoms with Gasteiger partial charge in [0, 0.05) is 12.2 Å². The van der Waals surface area contributed by atoms with E-state index in [0.717, 1.165) is 12.1 Å². The Kier molecular flexibility index (Phi) is 4.60. The summed E-state index contributed by atoms with van der Waals surface area (Å²) < 4.78 is 46.4. The Labute approximate surface area is 128 Å². The van der Waals surface area contributed by atoms with Crippen LogP contribution >= 0.6 is 11.6 Å². The second-order valence-corrected chi connectivity index (χ2v) is 7.38. The Morgan fingerprint density at radius 1 is 1.57 bits per heavy atom. The number of hydrogen-bond donors (Lipinski definition) is 2. The lowest BCUT2D eigenvalue weighted by Gasteiger charge is -2.28. The summed E-state index contributed by atoms with van der Waals surface area (Å²) in [5, 5.41) is 8.85. The highest BCUT2D eigenvalue weighted by atomic mass is 35.5. The van der Waals surface area contributed by atoms with Crippen LogP contribution in [0.25, 0.3) is 0 Å². The van der Waals surface area contributed by atoms with Gasteiger partial charge in [-0.15, -0.1) is 0 Å². The number of nitrogens with one attached hydrogen (secondary N) is 1. The Bertz CT molecular complexity index is 652. The van der Waals surface area contributed by atoms with E-state index in [4.69, 9.17) is 21.4 Å². The SMILES string of the molecule is CC1OCCC1(C)NS(=O)(=O)c1cc(F)c(Cl)c(CO)c1. The molecule has 0 aromatic heterocycles. The average molecular weight is 338 g/mol. The van der Waals surface area contributed by atoms with Crippen molar-refractivity contribution in [3.63, 3.8) is 0 Å². The van der Waals surface area contributed by atoms with E-state index in [1.54, 1.807) is 13.8 Å². The fraction of sp³-hybridized carbons (Fsp3) is 0.538. The Balaban J connectivity index is 2.38. The average Bonchev–Trinajstić information content (AvgIpc) is 2.71. The van der Waals surface area contributed by atoms with Crippen molar-refractivity contribution in [3.05, 3.63) is 28.5 Å². The Morgan fingerprint density at radius 2 is 2.24 bits per heavy atom. The predicted molar refractivity (Wildman–Crippen MR) is 76.1 cm³/mol. The first-order valence-electron chi connectivity index (χ1n) is 6.44. The number of rotatable bonds is 4. The topological polar surface area (TPSA) is 75.6 Å². The molecular weight excluding hydrogens is 321 g/mol. The minimum absolute atomic E-state index is 0.0258. The normalized spacial score (nSPS) is 26.2. The number of halogens is 2. The molecule has 5 nitrogen and oxygen atoms in total. The van der Waals surface area contributed by atoms with Gasteiger partial charge < -0.3 is 9.84 Å². The van der Waals surface area contributed by atoms with Gasteiger partial charge in [-0.25, -0.2) is 17.5 Å². The summed E-state index contributed by atoms with van der Waals surface area (Å²) in [5.41, 5.74) is -0.730. The molecule has 1 aliphatic heterocycles. The third kappa shape index (κ3) is 3.22. The van der Waals surface area contributed by atoms with Gasteiger partial charge in [0.2, 0.25) is 10.0 Å². The molecular formula is C13H17ClFNO4S. The van der Waals surface area contributed by atoms with E-state index >= 15 is 0 Å². The summed E-state index contributed by atoms with van der Waals surface area (Å²) in [6.07, 6.45) is 0.234. The first-order chi connectivity index (χ1) is 9.69. The molecule has 1 aromatic rings. The van der Waals surface area contributed by atoms with E-state index in [-0.39, 0.29) is 21.6 Å². The number of sulfonamides is 1. The van der Waals surface area contributed by atoms with Crippen molar-refractivity contribution < 1.29 is 22.7 Å². The zero-order valence-electron chi connectivity index (χ0n) is 11.7. The quantitative estimate of drug-likeness (QED) is 0.878. The molecule has 0 radical (unpaired) electrons. The highest BCUT2D eigenvalue weighted by Crippen LogP contribution is 2.29. The molecule has 0 amide bonds. The van der Waals surface area contributed by atoms with Crippen molar-refractivity contribution in [2.75, 3.05) is 6.61 Å². The van der Waals surface area contributed by atoms with Crippen LogP contribution in [0, 0.1) is 5.82 Å². The standard InChI is InChI=1S/C13H17ClFNO4S/c1-8-13(2,3-4-20-8)16-21(18,19)10-5-9(7-17)12(14)11(15)6-10/h5-6,8,16-17H,3-4,7H2,1-2H3. The summed E-state index contributed by atoms with van der Waals surface area (Å²) >= 11 is 5.67. The second-order valence-electron chi connectivity index (χ2n) is 5.32. The number of hydrogen-bond acceptors (Lipinski definition) is 4. The van der Waals surface area contributed by atoms with Crippen LogP contribution in [-0.4, -0.2) is 31.8 Å². The molecule has 8 heteroatoms. The summed E-state index contributed by atoms with van der Waals surface area (Å²) in [7, 11) is -3.95. The van der Waals surface area contributed by atoms with Gasteiger partial charge in [0.1, 0.15) is 5.82 Å². The zero-order chi connectivity index (χ0) is 15.8. The third-order valence-corrected chi connectivity index (χ3v) is 5.83. The molecule has 1 aromatic carbocycles. The molecule has 0 bridgehead atoms. The summed E-state index contributed by atoms with van der Waals surface area (Å²) in [6.45, 7) is 3.42. The van der Waals surface area contributed by atoms with Gasteiger partial charge >= 0.3 is 0 Å². The molecule has 1 heterocycles. The van der Waals surface area contributed by atoms with Crippen LogP contribution in [0.2, 0.25) is 5.02 Å². The molecule has 0 aliphatic carbocycles. The molecule has 2 N–H and O–H groups in total. The van der Waals surface area contributed by atoms with Crippen LogP contribution in [-0.2, 0) is 21.4 Å². The highest BCUT2D eigenvalue weighted by Gasteiger charge is 2.40. The molecule has 2 unspecified atom stereocenters. The van der Waals surface area contributed by atoms with Gasteiger partial charge in [0.05, 0.1) is 28.2 Å². The van der Waals surface area contributed by atoms with Crippen LogP contribution in [0.15, 0.2) is 17.0 Å². The number of ether oxygens (including phenoxy) is 1. The molecule has 1 aliphatic rings. The smallest absolute Gasteiger partial charge is 0.241 e. The highest BCUT2D eigenvalue weighted by molar-refractivity contribution is 7.89. The third-order valence-electron chi connectivity index (χ3n) is 3.81. The monoisotopic (exact) mass is 337 g/mol. The maximum Gasteiger partial charge on any atom is 0.241 e. The molecule has 0 spiro atoms. The predicted octanol–water partition coefficient (Wildman–Crippen LogP) is 1.82. The lowest BCUT2D eigenvalue weighted by atomic mass is 9.97. The van der Waals surface area contributed by atoms with E-state index in [0.29, 0.717) is 13.0 Å². The molecule has 21 heavy (non-hydrogen) atoms. The van der Waals surface area contributed by atoms with Crippen LogP contribution in [0.3, 0.4) is 0 Å². The van der Waals surface area contributed by atoms with Gasteiger partial charge in [-0.1, -0.05) is 11.6 Å². The molecule has 0 saturated carbocycles. The number of aliphatic hydroxyl groups excluding tert-OH is 1. The van der Waals surface area contributed by atoms with Crippen LogP contribution in [0.1, 0.15) is 25.8 Å². The zero-order valence-corrected chi connectivity index (χ0v) is 13.3. The number of aliphatic hydroxyl groups is 1. The van der Waals surface area contributed by atoms with Crippen LogP contribution in [0.4, 0.5) is 4.39 Å². The van der Waals surface area contributed by atoms with E-state index in [1.165, 1.54) is 0 Å². The van der Waals surface area contributed by atoms with E-state index < -0.39 is 28.0 Å². The maximum atomic E-state index is 13.7. The van der Waals surface area contributed by atoms with Gasteiger partial charge in [-0.05, 0) is 32.4 Å². The lowest BCUT2D eigenvalue weighted by molar-refractivity contribution is 0.0957. The molecule has 118 valence electrons. The summed E-state index contributed by atoms with van der Waals surface area (Å²) in [5.74, 6) is -0.885. The van der Waals surface area contributed by atoms with Crippen LogP contribution < -0.4 is 4.72 Å². The molecule has 2 rings (SSSR count). The van der Waals surface area contributed by atoms with Gasteiger partial charge in [0.15, 0.2) is 0 Å². The largest absolute Gasteiger partial charge is 0.392 e.